The van der Waals surface area contributed by atoms with Gasteiger partial charge in [0.25, 0.3) is 5.91 Å². The molecule has 0 spiro atoms. The Morgan fingerprint density at radius 2 is 1.66 bits per heavy atom. The van der Waals surface area contributed by atoms with Crippen LogP contribution in [0.25, 0.3) is 0 Å². The monoisotopic (exact) mass is 481 g/mol. The van der Waals surface area contributed by atoms with Crippen molar-refractivity contribution in [3.63, 3.8) is 0 Å². The van der Waals surface area contributed by atoms with Crippen molar-refractivity contribution in [2.75, 3.05) is 62.6 Å². The number of carbonyl (C=O) groups excluding carboxylic acids is 1. The fraction of sp³-hybridized carbons (Fsp3) is 0.720. The smallest absolute Gasteiger partial charge is 0.254 e. The van der Waals surface area contributed by atoms with E-state index in [9.17, 15) is 4.79 Å². The first-order valence-corrected chi connectivity index (χ1v) is 13.1. The van der Waals surface area contributed by atoms with Gasteiger partial charge in [-0.3, -0.25) is 4.79 Å². The highest BCUT2D eigenvalue weighted by Crippen LogP contribution is 2.25. The molecule has 4 heterocycles. The Balaban J connectivity index is 1.32. The third-order valence-electron chi connectivity index (χ3n) is 7.70. The summed E-state index contributed by atoms with van der Waals surface area (Å²) in [6.45, 7) is 8.11. The second-order valence-corrected chi connectivity index (χ2v) is 10.1. The third-order valence-corrected chi connectivity index (χ3v) is 7.70. The van der Waals surface area contributed by atoms with Gasteiger partial charge in [0, 0.05) is 57.9 Å². The van der Waals surface area contributed by atoms with E-state index >= 15 is 0 Å². The molecule has 0 atom stereocenters. The molecule has 3 aliphatic rings. The van der Waals surface area contributed by atoms with Crippen molar-refractivity contribution in [2.24, 2.45) is 11.7 Å². The number of nitrogens with one attached hydrogen (secondary N) is 2. The van der Waals surface area contributed by atoms with Crippen LogP contribution in [0, 0.1) is 22.7 Å². The number of primary amides is 1. The molecular weight excluding hydrogens is 442 g/mol. The molecular formula is C25H39N9O. The largest absolute Gasteiger partial charge is 0.366 e. The van der Waals surface area contributed by atoms with Gasteiger partial charge >= 0.3 is 0 Å². The first kappa shape index (κ1) is 25.3. The van der Waals surface area contributed by atoms with E-state index in [1.807, 2.05) is 0 Å². The lowest BCUT2D eigenvalue weighted by Gasteiger charge is -2.36. The molecule has 0 unspecified atom stereocenters. The van der Waals surface area contributed by atoms with E-state index in [-0.39, 0.29) is 17.3 Å². The minimum Gasteiger partial charge on any atom is -0.366 e. The van der Waals surface area contributed by atoms with E-state index in [4.69, 9.17) is 21.4 Å². The molecule has 0 saturated carbocycles. The van der Waals surface area contributed by atoms with Gasteiger partial charge in [-0.25, -0.2) is 4.98 Å². The van der Waals surface area contributed by atoms with Crippen molar-refractivity contribution in [3.8, 4) is 6.07 Å². The predicted octanol–water partition coefficient (Wildman–Crippen LogP) is 2.07. The third kappa shape index (κ3) is 6.67. The van der Waals surface area contributed by atoms with E-state index in [0.29, 0.717) is 24.1 Å². The number of piperidine rings is 3. The summed E-state index contributed by atoms with van der Waals surface area (Å²) in [6.07, 6.45) is 9.40. The number of rotatable bonds is 9. The van der Waals surface area contributed by atoms with Crippen LogP contribution >= 0.6 is 0 Å². The van der Waals surface area contributed by atoms with Crippen LogP contribution in [0.3, 0.4) is 0 Å². The lowest BCUT2D eigenvalue weighted by atomic mass is 9.94. The van der Waals surface area contributed by atoms with Gasteiger partial charge in [0.1, 0.15) is 17.1 Å². The second-order valence-electron chi connectivity index (χ2n) is 10.1. The molecule has 0 bridgehead atoms. The first-order valence-electron chi connectivity index (χ1n) is 13.1. The Bertz CT molecular complexity index is 908. The van der Waals surface area contributed by atoms with Crippen LogP contribution in [-0.2, 0) is 0 Å². The van der Waals surface area contributed by atoms with Crippen molar-refractivity contribution in [1.82, 2.24) is 19.8 Å². The molecule has 1 aromatic heterocycles. The van der Waals surface area contributed by atoms with Crippen molar-refractivity contribution in [3.05, 3.63) is 11.3 Å². The van der Waals surface area contributed by atoms with E-state index < -0.39 is 5.91 Å². The summed E-state index contributed by atoms with van der Waals surface area (Å²) >= 11 is 0. The predicted molar refractivity (Wildman–Crippen MR) is 137 cm³/mol. The minimum absolute atomic E-state index is 0.203. The Hall–Kier alpha value is -2.77. The van der Waals surface area contributed by atoms with Gasteiger partial charge in [-0.05, 0) is 64.0 Å². The van der Waals surface area contributed by atoms with Crippen LogP contribution in [0.1, 0.15) is 67.4 Å². The second kappa shape index (κ2) is 12.3. The van der Waals surface area contributed by atoms with E-state index in [2.05, 4.69) is 31.1 Å². The van der Waals surface area contributed by atoms with Gasteiger partial charge in [-0.2, -0.15) is 10.2 Å². The number of nitriles is 1. The summed E-state index contributed by atoms with van der Waals surface area (Å²) < 4.78 is 0. The quantitative estimate of drug-likeness (QED) is 0.456. The van der Waals surface area contributed by atoms with Crippen LogP contribution in [0.2, 0.25) is 0 Å². The van der Waals surface area contributed by atoms with Crippen LogP contribution in [0.4, 0.5) is 11.8 Å². The molecule has 1 amide bonds. The summed E-state index contributed by atoms with van der Waals surface area (Å²) in [5, 5.41) is 20.2. The first-order chi connectivity index (χ1) is 17.1. The van der Waals surface area contributed by atoms with Crippen molar-refractivity contribution in [1.29, 1.82) is 10.7 Å². The fourth-order valence-electron chi connectivity index (χ4n) is 5.47. The summed E-state index contributed by atoms with van der Waals surface area (Å²) in [5.41, 5.74) is 6.17. The summed E-state index contributed by atoms with van der Waals surface area (Å²) in [5.74, 6) is 1.01. The molecule has 10 nitrogen and oxygen atoms in total. The number of carbonyl (C=O) groups is 1. The van der Waals surface area contributed by atoms with Crippen molar-refractivity contribution >= 4 is 23.9 Å². The number of aromatic nitrogens is 2. The topological polar surface area (TPSA) is 138 Å². The molecule has 4 N–H and O–H groups in total. The number of hydrogen-bond donors (Lipinski definition) is 3. The molecule has 10 heteroatoms. The van der Waals surface area contributed by atoms with Gasteiger partial charge in [-0.1, -0.05) is 0 Å². The number of nitrogens with two attached hydrogens (primary N) is 1. The maximum Gasteiger partial charge on any atom is 0.254 e. The summed E-state index contributed by atoms with van der Waals surface area (Å²) in [4.78, 5) is 28.6. The van der Waals surface area contributed by atoms with E-state index in [1.54, 1.807) is 0 Å². The molecule has 3 saturated heterocycles. The summed E-state index contributed by atoms with van der Waals surface area (Å²) in [7, 11) is 0. The zero-order valence-electron chi connectivity index (χ0n) is 20.7. The summed E-state index contributed by atoms with van der Waals surface area (Å²) in [6, 6.07) is 2.52. The van der Waals surface area contributed by atoms with Gasteiger partial charge in [0.2, 0.25) is 5.95 Å². The van der Waals surface area contributed by atoms with Crippen LogP contribution in [0.5, 0.6) is 0 Å². The minimum atomic E-state index is -0.604. The van der Waals surface area contributed by atoms with Crippen LogP contribution in [0.15, 0.2) is 0 Å². The average molecular weight is 482 g/mol. The van der Waals surface area contributed by atoms with Gasteiger partial charge in [0.05, 0.1) is 6.07 Å². The highest BCUT2D eigenvalue weighted by Gasteiger charge is 2.26. The Kier molecular flexibility index (Phi) is 8.88. The van der Waals surface area contributed by atoms with Crippen LogP contribution in [-0.4, -0.2) is 90.3 Å². The molecule has 0 aromatic carbocycles. The number of hydrogen-bond acceptors (Lipinski definition) is 9. The lowest BCUT2D eigenvalue weighted by Crippen LogP contribution is -2.44. The lowest BCUT2D eigenvalue weighted by molar-refractivity contribution is 0.1000. The Labute approximate surface area is 208 Å². The zero-order valence-corrected chi connectivity index (χ0v) is 20.7. The van der Waals surface area contributed by atoms with Gasteiger partial charge < -0.3 is 31.2 Å². The molecule has 190 valence electrons. The normalized spacial score (nSPS) is 20.9. The highest BCUT2D eigenvalue weighted by atomic mass is 16.1. The number of likely N-dealkylation sites (tertiary alicyclic amines) is 2. The molecule has 1 aromatic rings. The van der Waals surface area contributed by atoms with Crippen molar-refractivity contribution < 1.29 is 4.79 Å². The molecule has 4 rings (SSSR count). The Morgan fingerprint density at radius 3 is 2.23 bits per heavy atom. The van der Waals surface area contributed by atoms with Gasteiger partial charge in [-0.15, -0.1) is 0 Å². The zero-order chi connectivity index (χ0) is 24.6. The molecule has 0 aliphatic carbocycles. The maximum atomic E-state index is 12.2. The molecule has 3 aliphatic heterocycles. The molecule has 3 fully saturated rings. The highest BCUT2D eigenvalue weighted by molar-refractivity contribution is 6.04. The van der Waals surface area contributed by atoms with Gasteiger partial charge in [0.15, 0.2) is 0 Å². The van der Waals surface area contributed by atoms with Crippen LogP contribution < -0.4 is 16.0 Å². The standard InChI is InChI=1S/C25H39N9O/c26-9-4-19-5-12-32(13-6-19)16-17-33-14-7-20(8-15-33)29-24-22(23(28)35)21(18-27)30-25(31-24)34-10-2-1-3-11-34/h18-20,27H,1-8,10-17H2,(H2,28,35)(H,29,30,31). The number of nitrogens with zero attached hydrogens (tertiary/aromatic N) is 6. The van der Waals surface area contributed by atoms with E-state index in [1.165, 1.54) is 6.42 Å². The maximum absolute atomic E-state index is 12.2. The molecule has 0 radical (unpaired) electrons. The average Bonchev–Trinajstić information content (AvgIpc) is 2.89. The number of anilines is 2. The number of amides is 1. The Morgan fingerprint density at radius 1 is 1.03 bits per heavy atom. The molecule has 35 heavy (non-hydrogen) atoms. The fourth-order valence-corrected chi connectivity index (χ4v) is 5.47. The van der Waals surface area contributed by atoms with Crippen molar-refractivity contribution in [2.45, 2.75) is 57.4 Å². The van der Waals surface area contributed by atoms with E-state index in [0.717, 1.165) is 97.1 Å². The SMILES string of the molecule is N#CCC1CCN(CCN2CCC(Nc3nc(N4CCCCC4)nc(C=N)c3C(N)=O)CC2)CC1.